The van der Waals surface area contributed by atoms with Gasteiger partial charge in [-0.1, -0.05) is 12.5 Å². The summed E-state index contributed by atoms with van der Waals surface area (Å²) >= 11 is 0. The summed E-state index contributed by atoms with van der Waals surface area (Å²) < 4.78 is 37.6. The van der Waals surface area contributed by atoms with Gasteiger partial charge in [0, 0.05) is 16.9 Å². The summed E-state index contributed by atoms with van der Waals surface area (Å²) in [5.41, 5.74) is 4.77. The zero-order chi connectivity index (χ0) is 21.0. The van der Waals surface area contributed by atoms with Crippen molar-refractivity contribution in [2.24, 2.45) is 11.3 Å². The maximum absolute atomic E-state index is 12.9. The predicted octanol–water partition coefficient (Wildman–Crippen LogP) is 3.94. The van der Waals surface area contributed by atoms with E-state index in [1.165, 1.54) is 5.57 Å². The highest BCUT2D eigenvalue weighted by Crippen LogP contribution is 2.63. The Hall–Kier alpha value is -2.38. The van der Waals surface area contributed by atoms with E-state index in [1.54, 1.807) is 31.4 Å². The lowest BCUT2D eigenvalue weighted by molar-refractivity contribution is -0.120. The highest BCUT2D eigenvalue weighted by molar-refractivity contribution is 7.88. The lowest BCUT2D eigenvalue weighted by Crippen LogP contribution is -2.31. The molecule has 0 aromatic heterocycles. The van der Waals surface area contributed by atoms with Crippen LogP contribution in [0, 0.1) is 11.3 Å². The Balaban J connectivity index is 1.53. The molecule has 154 valence electrons. The van der Waals surface area contributed by atoms with E-state index < -0.39 is 10.3 Å². The summed E-state index contributed by atoms with van der Waals surface area (Å²) in [7, 11) is -2.47. The van der Waals surface area contributed by atoms with Gasteiger partial charge in [-0.2, -0.15) is 8.42 Å². The van der Waals surface area contributed by atoms with Gasteiger partial charge in [0.05, 0.1) is 19.4 Å². The summed E-state index contributed by atoms with van der Waals surface area (Å²) in [4.78, 5) is 12.9. The highest BCUT2D eigenvalue weighted by Gasteiger charge is 2.56. The molecule has 3 aliphatic rings. The third kappa shape index (κ3) is 3.32. The van der Waals surface area contributed by atoms with E-state index in [9.17, 15) is 13.2 Å². The number of methoxy groups -OCH3 is 1. The number of carbonyl (C=O) groups is 1. The molecule has 1 aromatic carbocycles. The maximum atomic E-state index is 12.9. The van der Waals surface area contributed by atoms with E-state index in [-0.39, 0.29) is 23.7 Å². The third-order valence-corrected chi connectivity index (χ3v) is 7.41. The molecule has 0 radical (unpaired) electrons. The summed E-state index contributed by atoms with van der Waals surface area (Å²) in [6, 6.07) is 6.53. The fourth-order valence-corrected chi connectivity index (χ4v) is 5.27. The Bertz CT molecular complexity index is 1070. The van der Waals surface area contributed by atoms with Crippen LogP contribution in [-0.2, 0) is 19.3 Å². The van der Waals surface area contributed by atoms with Crippen molar-refractivity contribution in [3.05, 3.63) is 58.2 Å². The van der Waals surface area contributed by atoms with Crippen molar-refractivity contribution in [1.29, 1.82) is 0 Å². The monoisotopic (exact) mass is 415 g/mol. The van der Waals surface area contributed by atoms with Gasteiger partial charge >= 0.3 is 10.3 Å². The van der Waals surface area contributed by atoms with Crippen LogP contribution in [0.15, 0.2) is 58.2 Å². The smallest absolute Gasteiger partial charge is 0.360 e. The van der Waals surface area contributed by atoms with E-state index in [4.69, 9.17) is 8.92 Å². The quantitative estimate of drug-likeness (QED) is 0.761. The molecule has 1 fully saturated rings. The molecule has 0 aliphatic heterocycles. The number of hydrogen-bond acceptors (Lipinski definition) is 5. The number of carbonyl (C=O) groups excluding carboxylic acids is 1. The second-order valence-electron chi connectivity index (χ2n) is 8.01. The number of rotatable bonds is 6. The molecule has 1 atom stereocenters. The van der Waals surface area contributed by atoms with Crippen LogP contribution in [0.2, 0.25) is 0 Å². The second-order valence-corrected chi connectivity index (χ2v) is 9.36. The molecule has 3 aliphatic carbocycles. The van der Waals surface area contributed by atoms with Crippen molar-refractivity contribution in [2.45, 2.75) is 33.6 Å². The third-order valence-electron chi connectivity index (χ3n) is 6.50. The van der Waals surface area contributed by atoms with E-state index in [0.29, 0.717) is 17.0 Å². The summed E-state index contributed by atoms with van der Waals surface area (Å²) in [5, 5.41) is 0. The van der Waals surface area contributed by atoms with Crippen LogP contribution >= 0.6 is 0 Å². The Morgan fingerprint density at radius 1 is 1.17 bits per heavy atom. The Morgan fingerprint density at radius 3 is 2.41 bits per heavy atom. The molecule has 0 saturated heterocycles. The molecule has 1 aromatic rings. The number of Topliss-reactive ketones (excluding diaryl/α,β-unsaturated/α-hetero) is 1. The highest BCUT2D eigenvalue weighted by atomic mass is 32.2. The van der Waals surface area contributed by atoms with Gasteiger partial charge in [0.2, 0.25) is 0 Å². The van der Waals surface area contributed by atoms with Gasteiger partial charge in [0.15, 0.2) is 5.78 Å². The molecule has 0 amide bonds. The lowest BCUT2D eigenvalue weighted by atomic mass is 9.70. The molecule has 1 saturated carbocycles. The molecule has 7 heteroatoms. The van der Waals surface area contributed by atoms with Crippen LogP contribution in [0.5, 0.6) is 5.75 Å². The largest absolute Gasteiger partial charge is 0.497 e. The lowest BCUT2D eigenvalue weighted by Gasteiger charge is -2.32. The first-order valence-corrected chi connectivity index (χ1v) is 11.1. The number of benzene rings is 1. The molecular formula is C22H25NO5S. The predicted molar refractivity (Wildman–Crippen MR) is 111 cm³/mol. The van der Waals surface area contributed by atoms with Crippen LogP contribution in [0.4, 0.5) is 5.69 Å². The Morgan fingerprint density at radius 2 is 1.83 bits per heavy atom. The molecule has 4 rings (SSSR count). The molecule has 0 heterocycles. The van der Waals surface area contributed by atoms with Gasteiger partial charge in [0.1, 0.15) is 5.75 Å². The first-order valence-electron chi connectivity index (χ1n) is 9.67. The van der Waals surface area contributed by atoms with Gasteiger partial charge in [-0.05, 0) is 73.7 Å². The van der Waals surface area contributed by atoms with Crippen LogP contribution in [0.1, 0.15) is 33.6 Å². The second kappa shape index (κ2) is 6.85. The number of ether oxygens (including phenoxy) is 1. The zero-order valence-corrected chi connectivity index (χ0v) is 17.9. The maximum Gasteiger partial charge on any atom is 0.360 e. The average molecular weight is 416 g/mol. The number of ketones is 1. The van der Waals surface area contributed by atoms with E-state index in [0.717, 1.165) is 29.6 Å². The van der Waals surface area contributed by atoms with Gasteiger partial charge < -0.3 is 4.74 Å². The molecule has 1 N–H and O–H groups in total. The van der Waals surface area contributed by atoms with Crippen molar-refractivity contribution >= 4 is 21.8 Å². The molecule has 29 heavy (non-hydrogen) atoms. The van der Waals surface area contributed by atoms with Crippen molar-refractivity contribution in [2.75, 3.05) is 18.4 Å². The Labute approximate surface area is 171 Å². The van der Waals surface area contributed by atoms with Gasteiger partial charge in [0.25, 0.3) is 0 Å². The van der Waals surface area contributed by atoms with Crippen molar-refractivity contribution < 1.29 is 22.1 Å². The fraction of sp³-hybridized carbons (Fsp3) is 0.409. The fourth-order valence-electron chi connectivity index (χ4n) is 4.51. The average Bonchev–Trinajstić information content (AvgIpc) is 3.42. The minimum atomic E-state index is -4.01. The topological polar surface area (TPSA) is 81.7 Å². The normalized spacial score (nSPS) is 22.7. The van der Waals surface area contributed by atoms with Crippen molar-refractivity contribution in [3.63, 3.8) is 0 Å². The van der Waals surface area contributed by atoms with Gasteiger partial charge in [-0.15, -0.1) is 0 Å². The molecule has 0 unspecified atom stereocenters. The zero-order valence-electron chi connectivity index (χ0n) is 17.0. The summed E-state index contributed by atoms with van der Waals surface area (Å²) in [5.74, 6) is 0.759. The number of nitrogens with one attached hydrogen (secondary N) is 1. The van der Waals surface area contributed by atoms with E-state index in [1.807, 2.05) is 19.9 Å². The Kier molecular flexibility index (Phi) is 4.70. The first kappa shape index (κ1) is 19.9. The molecule has 1 spiro atoms. The molecule has 0 bridgehead atoms. The van der Waals surface area contributed by atoms with Crippen LogP contribution in [0.25, 0.3) is 0 Å². The summed E-state index contributed by atoms with van der Waals surface area (Å²) in [6.45, 7) is 5.86. The molecular weight excluding hydrogens is 390 g/mol. The van der Waals surface area contributed by atoms with Crippen LogP contribution in [-0.4, -0.2) is 27.9 Å². The van der Waals surface area contributed by atoms with E-state index >= 15 is 0 Å². The van der Waals surface area contributed by atoms with Gasteiger partial charge in [-0.25, -0.2) is 4.18 Å². The number of hydrogen-bond donors (Lipinski definition) is 1. The van der Waals surface area contributed by atoms with Crippen LogP contribution in [0.3, 0.4) is 0 Å². The standard InChI is InChI=1S/C22H25NO5S/c1-13-11-18-20(14(2)22(9-10-22)15(3)21(18)24)19(13)12-28-29(25,26)23-16-5-7-17(27-4)8-6-16/h5-8,11,15,23H,9-10,12H2,1-4H3/t15-/m1/s1. The van der Waals surface area contributed by atoms with Crippen LogP contribution < -0.4 is 9.46 Å². The van der Waals surface area contributed by atoms with Crippen molar-refractivity contribution in [1.82, 2.24) is 0 Å². The minimum Gasteiger partial charge on any atom is -0.497 e. The number of allylic oxidation sites excluding steroid dienone is 4. The number of anilines is 1. The minimum absolute atomic E-state index is 0.0222. The molecule has 6 nitrogen and oxygen atoms in total. The first-order chi connectivity index (χ1) is 13.7. The summed E-state index contributed by atoms with van der Waals surface area (Å²) in [6.07, 6.45) is 3.88. The van der Waals surface area contributed by atoms with E-state index in [2.05, 4.69) is 11.6 Å². The number of fused-ring (bicyclic) bond motifs is 1. The SMILES string of the molecule is COc1ccc(NS(=O)(=O)OCC2=C(C)C=C3C(=O)[C@@H](C)C4(CC4)C(C)=C32)cc1. The van der Waals surface area contributed by atoms with Gasteiger partial charge in [-0.3, -0.25) is 9.52 Å². The van der Waals surface area contributed by atoms with Crippen molar-refractivity contribution in [3.8, 4) is 5.75 Å².